The predicted octanol–water partition coefficient (Wildman–Crippen LogP) is -2.95. The van der Waals surface area contributed by atoms with E-state index in [1.54, 1.807) is 0 Å². The summed E-state index contributed by atoms with van der Waals surface area (Å²) in [7, 11) is 0. The fourth-order valence-electron chi connectivity index (χ4n) is 0. The Morgan fingerprint density at radius 3 is 0.391 bits per heavy atom. The molecule has 0 radical (unpaired) electrons. The third-order valence-electron chi connectivity index (χ3n) is 0. The van der Waals surface area contributed by atoms with Crippen molar-refractivity contribution >= 4 is 203 Å². The molecule has 0 aliphatic heterocycles. The van der Waals surface area contributed by atoms with Crippen LogP contribution in [-0.2, 0) is 116 Å². The van der Waals surface area contributed by atoms with Crippen LogP contribution >= 0.6 is 23.1 Å². The molecule has 0 N–H and O–H groups in total. The van der Waals surface area contributed by atoms with Gasteiger partial charge in [0.25, 0.3) is 0 Å². The van der Waals surface area contributed by atoms with Gasteiger partial charge in [-0.3, -0.25) is 23.1 Å². The summed E-state index contributed by atoms with van der Waals surface area (Å²) in [5, 5.41) is 0. The van der Waals surface area contributed by atoms with Gasteiger partial charge in [-0.05, 0) is 0 Å². The third kappa shape index (κ3) is 491. The second kappa shape index (κ2) is 23.0. The van der Waals surface area contributed by atoms with E-state index in [2.05, 4.69) is 98.0 Å². The molecule has 0 amide bonds. The SMILES string of the molecule is O=P([O-])([S-])[S-].O=P([O-])([S-])[S-].O=P([O-])([S-])[S-].O=P([O-])([S-])[S-].[Pb+4].[Pb+4].[Pb+4]. The van der Waals surface area contributed by atoms with Crippen LogP contribution in [0.25, 0.3) is 0 Å². The minimum Gasteiger partial charge on any atom is -0.835 e. The summed E-state index contributed by atoms with van der Waals surface area (Å²) in [6, 6.07) is 0. The molecule has 0 fully saturated rings. The second-order valence-electron chi connectivity index (χ2n) is 1.79. The van der Waals surface area contributed by atoms with Crippen LogP contribution in [0.5, 0.6) is 0 Å². The summed E-state index contributed by atoms with van der Waals surface area (Å²) in [4.78, 5) is 37.2. The summed E-state index contributed by atoms with van der Waals surface area (Å²) >= 11 is 29.1. The Labute approximate surface area is 236 Å². The maximum Gasteiger partial charge on any atom is 4.00 e. The monoisotopic (exact) mass is 1130 g/mol. The molecule has 0 saturated carbocycles. The Morgan fingerprint density at radius 2 is 0.391 bits per heavy atom. The number of hydrogen-bond donors (Lipinski definition) is 0. The molecule has 0 atom stereocenters. The van der Waals surface area contributed by atoms with Crippen LogP contribution in [0.2, 0.25) is 0 Å². The summed E-state index contributed by atoms with van der Waals surface area (Å²) in [6.45, 7) is 0. The smallest absolute Gasteiger partial charge is 0.835 e. The van der Waals surface area contributed by atoms with Crippen LogP contribution in [0, 0.1) is 0 Å². The molecule has 0 heterocycles. The van der Waals surface area contributed by atoms with Gasteiger partial charge >= 0.3 is 81.9 Å². The Hall–Kier alpha value is 6.33. The minimum atomic E-state index is -3.72. The molecule has 0 aromatic heterocycles. The van der Waals surface area contributed by atoms with Crippen LogP contribution < -0.4 is 19.6 Å². The molecule has 0 aliphatic rings. The normalized spacial score (nSPS) is 10.3. The van der Waals surface area contributed by atoms with E-state index in [0.717, 1.165) is 0 Å². The van der Waals surface area contributed by atoms with Crippen LogP contribution in [0.1, 0.15) is 0 Å². The van der Waals surface area contributed by atoms with Gasteiger partial charge < -0.3 is 136 Å². The fourth-order valence-corrected chi connectivity index (χ4v) is 0. The zero-order chi connectivity index (χ0) is 18.0. The molecule has 23 heavy (non-hydrogen) atoms. The first-order chi connectivity index (χ1) is 8.00. The quantitative estimate of drug-likeness (QED) is 0.138. The summed E-state index contributed by atoms with van der Waals surface area (Å²) in [5.74, 6) is -14.9. The summed E-state index contributed by atoms with van der Waals surface area (Å²) in [6.07, 6.45) is 0. The molecular formula is O8P4Pb3S8. The molecule has 128 valence electrons. The van der Waals surface area contributed by atoms with Gasteiger partial charge in [0.05, 0.1) is 0 Å². The van der Waals surface area contributed by atoms with E-state index in [1.807, 2.05) is 0 Å². The largest absolute Gasteiger partial charge is 4.00 e. The van der Waals surface area contributed by atoms with E-state index in [-0.39, 0.29) is 81.9 Å². The molecule has 0 saturated heterocycles. The van der Waals surface area contributed by atoms with Gasteiger partial charge in [0, 0.05) is 0 Å². The van der Waals surface area contributed by atoms with E-state index in [4.69, 9.17) is 0 Å². The topological polar surface area (TPSA) is 161 Å². The molecule has 0 spiro atoms. The van der Waals surface area contributed by atoms with Gasteiger partial charge in [-0.2, -0.15) is 0 Å². The van der Waals surface area contributed by atoms with Crippen molar-refractivity contribution < 1.29 is 37.8 Å². The molecule has 0 bridgehead atoms. The van der Waals surface area contributed by atoms with Crippen molar-refractivity contribution in [3.63, 3.8) is 0 Å². The van der Waals surface area contributed by atoms with Gasteiger partial charge in [0.1, 0.15) is 0 Å². The van der Waals surface area contributed by atoms with Crippen LogP contribution in [0.15, 0.2) is 0 Å². The average Bonchev–Trinajstić information content (AvgIpc) is 1.62. The van der Waals surface area contributed by atoms with Gasteiger partial charge in [-0.25, -0.2) is 0 Å². The van der Waals surface area contributed by atoms with Crippen molar-refractivity contribution in [3.05, 3.63) is 0 Å². The molecule has 23 heteroatoms. The Balaban J connectivity index is -0.0000000284. The van der Waals surface area contributed by atoms with Crippen LogP contribution in [0.4, 0.5) is 0 Å². The van der Waals surface area contributed by atoms with Crippen molar-refractivity contribution in [2.45, 2.75) is 0 Å². The molecule has 0 aromatic rings. The second-order valence-corrected chi connectivity index (χ2v) is 19.7. The van der Waals surface area contributed by atoms with Crippen molar-refractivity contribution in [2.75, 3.05) is 0 Å². The van der Waals surface area contributed by atoms with E-state index in [9.17, 15) is 37.8 Å². The first-order valence-corrected chi connectivity index (χ1v) is 17.5. The Bertz CT molecular complexity index is 308. The third-order valence-corrected chi connectivity index (χ3v) is 0. The van der Waals surface area contributed by atoms with E-state index in [1.165, 1.54) is 0 Å². The van der Waals surface area contributed by atoms with E-state index < -0.39 is 23.1 Å². The fraction of sp³-hybridized carbons (Fsp3) is 0. The van der Waals surface area contributed by atoms with Crippen LogP contribution in [-0.4, -0.2) is 81.9 Å². The molecule has 0 rings (SSSR count). The first kappa shape index (κ1) is 47.2. The predicted molar refractivity (Wildman–Crippen MR) is 107 cm³/mol. The minimum absolute atomic E-state index is 0. The van der Waals surface area contributed by atoms with Gasteiger partial charge in [-0.1, -0.05) is 0 Å². The zero-order valence-corrected chi connectivity index (χ0v) is 31.6. The number of hydrogen-bond acceptors (Lipinski definition) is 16. The molecular weight excluding hydrogens is 1130 g/mol. The first-order valence-electron chi connectivity index (χ1n) is 2.92. The van der Waals surface area contributed by atoms with E-state index >= 15 is 0 Å². The average molecular weight is 1130 g/mol. The zero-order valence-electron chi connectivity index (χ0n) is 9.82. The molecule has 0 aliphatic carbocycles. The van der Waals surface area contributed by atoms with E-state index in [0.29, 0.717) is 0 Å². The molecule has 0 aromatic carbocycles. The van der Waals surface area contributed by atoms with Gasteiger partial charge in [0.2, 0.25) is 0 Å². The van der Waals surface area contributed by atoms with Crippen LogP contribution in [0.3, 0.4) is 0 Å². The maximum atomic E-state index is 9.29. The molecule has 8 nitrogen and oxygen atoms in total. The number of rotatable bonds is 0. The van der Waals surface area contributed by atoms with Crippen molar-refractivity contribution in [2.24, 2.45) is 0 Å². The van der Waals surface area contributed by atoms with Crippen molar-refractivity contribution in [1.29, 1.82) is 0 Å². The maximum absolute atomic E-state index is 9.29. The van der Waals surface area contributed by atoms with Crippen molar-refractivity contribution in [1.82, 2.24) is 0 Å². The standard InChI is InChI=1S/4H3O2PS2.3Pb/c4*1-3(2,4)5;;;/h4*(H3,1,2,4,5);;;/q;;;;3*+4/p-12. The Morgan fingerprint density at radius 1 is 0.391 bits per heavy atom. The Kier molecular flexibility index (Phi) is 47.2. The van der Waals surface area contributed by atoms with Gasteiger partial charge in [-0.15, -0.1) is 0 Å². The van der Waals surface area contributed by atoms with Gasteiger partial charge in [0.15, 0.2) is 0 Å². The van der Waals surface area contributed by atoms with Crippen molar-refractivity contribution in [3.8, 4) is 0 Å². The molecule has 0 unspecified atom stereocenters. The summed E-state index contributed by atoms with van der Waals surface area (Å²) < 4.78 is 37.2. The summed E-state index contributed by atoms with van der Waals surface area (Å²) in [5.41, 5.74) is 0.